The Morgan fingerprint density at radius 3 is 2.58 bits per heavy atom. The maximum absolute atomic E-state index is 13.6. The van der Waals surface area contributed by atoms with Gasteiger partial charge in [-0.25, -0.2) is 8.78 Å². The molecule has 1 aliphatic heterocycles. The van der Waals surface area contributed by atoms with Gasteiger partial charge < -0.3 is 9.80 Å². The predicted molar refractivity (Wildman–Crippen MR) is 63.2 cm³/mol. The highest BCUT2D eigenvalue weighted by Crippen LogP contribution is 2.20. The highest BCUT2D eigenvalue weighted by molar-refractivity contribution is 5.73. The summed E-state index contributed by atoms with van der Waals surface area (Å²) in [6.07, 6.45) is 0.625. The van der Waals surface area contributed by atoms with Crippen LogP contribution in [0, 0.1) is 17.6 Å². The van der Waals surface area contributed by atoms with E-state index in [1.165, 1.54) is 11.8 Å². The fourth-order valence-electron chi connectivity index (χ4n) is 2.10. The van der Waals surface area contributed by atoms with E-state index in [4.69, 9.17) is 0 Å². The zero-order chi connectivity index (χ0) is 14.0. The minimum Gasteiger partial charge on any atom is -0.352 e. The Morgan fingerprint density at radius 2 is 1.89 bits per heavy atom. The van der Waals surface area contributed by atoms with Crippen LogP contribution in [0.15, 0.2) is 6.07 Å². The van der Waals surface area contributed by atoms with Crippen molar-refractivity contribution >= 4 is 11.7 Å². The van der Waals surface area contributed by atoms with Crippen molar-refractivity contribution in [2.45, 2.75) is 13.3 Å². The number of anilines is 1. The smallest absolute Gasteiger partial charge is 0.251 e. The molecular weight excluding hydrogens is 259 g/mol. The molecule has 19 heavy (non-hydrogen) atoms. The quantitative estimate of drug-likeness (QED) is 0.729. The number of carbonyl (C=O) groups excluding carboxylic acids is 1. The second kappa shape index (κ2) is 5.46. The Balaban J connectivity index is 2.18. The summed E-state index contributed by atoms with van der Waals surface area (Å²) in [6.45, 7) is 3.23. The van der Waals surface area contributed by atoms with Crippen LogP contribution < -0.4 is 4.90 Å². The van der Waals surface area contributed by atoms with Crippen LogP contribution in [0.3, 0.4) is 0 Å². The highest BCUT2D eigenvalue weighted by atomic mass is 19.2. The molecule has 1 saturated heterocycles. The predicted octanol–water partition coefficient (Wildman–Crippen LogP) is 1.56. The fourth-order valence-corrected chi connectivity index (χ4v) is 2.10. The number of aromatic nitrogens is 1. The normalized spacial score (nSPS) is 16.4. The molecule has 0 saturated carbocycles. The number of halogens is 3. The highest BCUT2D eigenvalue weighted by Gasteiger charge is 2.21. The summed E-state index contributed by atoms with van der Waals surface area (Å²) >= 11 is 0. The molecule has 0 radical (unpaired) electrons. The van der Waals surface area contributed by atoms with Gasteiger partial charge in [0.15, 0.2) is 17.5 Å². The Morgan fingerprint density at radius 1 is 1.16 bits per heavy atom. The van der Waals surface area contributed by atoms with Gasteiger partial charge in [0.2, 0.25) is 5.91 Å². The van der Waals surface area contributed by atoms with Crippen LogP contribution in [0.1, 0.15) is 13.3 Å². The summed E-state index contributed by atoms with van der Waals surface area (Å²) in [5.74, 6) is -3.77. The van der Waals surface area contributed by atoms with Gasteiger partial charge in [0, 0.05) is 39.2 Å². The molecule has 7 heteroatoms. The minimum absolute atomic E-state index is 0.0550. The van der Waals surface area contributed by atoms with Crippen LogP contribution in [-0.2, 0) is 4.79 Å². The average molecular weight is 273 g/mol. The molecule has 1 aliphatic rings. The van der Waals surface area contributed by atoms with Crippen molar-refractivity contribution in [2.75, 3.05) is 31.1 Å². The summed E-state index contributed by atoms with van der Waals surface area (Å²) in [5, 5.41) is 0. The number of hydrogen-bond acceptors (Lipinski definition) is 3. The maximum atomic E-state index is 13.6. The largest absolute Gasteiger partial charge is 0.352 e. The molecule has 0 spiro atoms. The first-order valence-electron chi connectivity index (χ1n) is 6.01. The molecule has 2 heterocycles. The van der Waals surface area contributed by atoms with Crippen molar-refractivity contribution in [2.24, 2.45) is 0 Å². The molecule has 1 aromatic rings. The second-order valence-electron chi connectivity index (χ2n) is 4.41. The van der Waals surface area contributed by atoms with Crippen LogP contribution in [0.4, 0.5) is 19.0 Å². The van der Waals surface area contributed by atoms with Crippen molar-refractivity contribution in [1.82, 2.24) is 9.88 Å². The molecule has 1 amide bonds. The monoisotopic (exact) mass is 273 g/mol. The first kappa shape index (κ1) is 13.6. The van der Waals surface area contributed by atoms with Crippen molar-refractivity contribution < 1.29 is 18.0 Å². The topological polar surface area (TPSA) is 36.4 Å². The molecule has 104 valence electrons. The molecule has 1 fully saturated rings. The lowest BCUT2D eigenvalue weighted by Crippen LogP contribution is -2.34. The maximum Gasteiger partial charge on any atom is 0.251 e. The number of nitrogens with zero attached hydrogens (tertiary/aromatic N) is 3. The Hall–Kier alpha value is -1.79. The summed E-state index contributed by atoms with van der Waals surface area (Å²) in [4.78, 5) is 17.7. The van der Waals surface area contributed by atoms with Crippen molar-refractivity contribution in [3.8, 4) is 0 Å². The molecule has 0 bridgehead atoms. The van der Waals surface area contributed by atoms with Crippen molar-refractivity contribution in [1.29, 1.82) is 0 Å². The van der Waals surface area contributed by atoms with E-state index in [-0.39, 0.29) is 11.7 Å². The first-order chi connectivity index (χ1) is 8.99. The lowest BCUT2D eigenvalue weighted by atomic mass is 10.3. The van der Waals surface area contributed by atoms with Crippen LogP contribution in [0.2, 0.25) is 0 Å². The Bertz CT molecular complexity index is 495. The number of amides is 1. The van der Waals surface area contributed by atoms with E-state index >= 15 is 0 Å². The third-order valence-corrected chi connectivity index (χ3v) is 3.11. The molecule has 2 rings (SSSR count). The molecule has 0 unspecified atom stereocenters. The van der Waals surface area contributed by atoms with E-state index in [1.54, 1.807) is 4.90 Å². The van der Waals surface area contributed by atoms with E-state index in [1.807, 2.05) is 0 Å². The fraction of sp³-hybridized carbons (Fsp3) is 0.500. The van der Waals surface area contributed by atoms with Crippen molar-refractivity contribution in [3.05, 3.63) is 23.6 Å². The number of hydrogen-bond donors (Lipinski definition) is 0. The molecular formula is C12H14F3N3O. The molecule has 0 N–H and O–H groups in total. The summed E-state index contributed by atoms with van der Waals surface area (Å²) < 4.78 is 39.5. The zero-order valence-corrected chi connectivity index (χ0v) is 10.5. The average Bonchev–Trinajstić information content (AvgIpc) is 2.59. The lowest BCUT2D eigenvalue weighted by molar-refractivity contribution is -0.128. The number of rotatable bonds is 1. The van der Waals surface area contributed by atoms with Gasteiger partial charge in [-0.15, -0.1) is 0 Å². The van der Waals surface area contributed by atoms with Gasteiger partial charge in [-0.05, 0) is 6.42 Å². The Kier molecular flexibility index (Phi) is 3.92. The summed E-state index contributed by atoms with van der Waals surface area (Å²) in [7, 11) is 0. The molecule has 4 nitrogen and oxygen atoms in total. The zero-order valence-electron chi connectivity index (χ0n) is 10.5. The van der Waals surface area contributed by atoms with E-state index in [0.717, 1.165) is 0 Å². The van der Waals surface area contributed by atoms with Crippen LogP contribution in [0.25, 0.3) is 0 Å². The van der Waals surface area contributed by atoms with Gasteiger partial charge in [0.1, 0.15) is 0 Å². The van der Waals surface area contributed by atoms with E-state index in [2.05, 4.69) is 4.98 Å². The van der Waals surface area contributed by atoms with Gasteiger partial charge in [0.25, 0.3) is 5.95 Å². The van der Waals surface area contributed by atoms with E-state index < -0.39 is 17.6 Å². The van der Waals surface area contributed by atoms with Crippen LogP contribution in [0.5, 0.6) is 0 Å². The van der Waals surface area contributed by atoms with E-state index in [9.17, 15) is 18.0 Å². The Labute approximate surface area is 108 Å². The standard InChI is InChI=1S/C12H14F3N3O/c1-8(19)17-3-2-4-18(6-5-17)12-10(14)7-9(13)11(15)16-12/h7H,2-6H2,1H3. The summed E-state index contributed by atoms with van der Waals surface area (Å²) in [6, 6.07) is 0.491. The van der Waals surface area contributed by atoms with Crippen molar-refractivity contribution in [3.63, 3.8) is 0 Å². The minimum atomic E-state index is -1.32. The van der Waals surface area contributed by atoms with E-state index in [0.29, 0.717) is 38.7 Å². The lowest BCUT2D eigenvalue weighted by Gasteiger charge is -2.22. The number of pyridine rings is 1. The molecule has 1 aromatic heterocycles. The van der Waals surface area contributed by atoms with Crippen LogP contribution in [-0.4, -0.2) is 42.0 Å². The molecule has 0 atom stereocenters. The first-order valence-corrected chi connectivity index (χ1v) is 6.01. The SMILES string of the molecule is CC(=O)N1CCCN(c2nc(F)c(F)cc2F)CC1. The van der Waals surface area contributed by atoms with Crippen LogP contribution >= 0.6 is 0 Å². The van der Waals surface area contributed by atoms with Gasteiger partial charge in [0.05, 0.1) is 0 Å². The van der Waals surface area contributed by atoms with Gasteiger partial charge >= 0.3 is 0 Å². The van der Waals surface area contributed by atoms with Gasteiger partial charge in [-0.2, -0.15) is 9.37 Å². The third kappa shape index (κ3) is 2.97. The molecule has 0 aliphatic carbocycles. The second-order valence-corrected chi connectivity index (χ2v) is 4.41. The van der Waals surface area contributed by atoms with Gasteiger partial charge in [-0.1, -0.05) is 0 Å². The molecule has 0 aromatic carbocycles. The van der Waals surface area contributed by atoms with Gasteiger partial charge in [-0.3, -0.25) is 4.79 Å². The summed E-state index contributed by atoms with van der Waals surface area (Å²) in [5.41, 5.74) is 0. The number of carbonyl (C=O) groups is 1. The third-order valence-electron chi connectivity index (χ3n) is 3.11.